The second-order valence-corrected chi connectivity index (χ2v) is 7.76. The average Bonchev–Trinajstić information content (AvgIpc) is 3.09. The summed E-state index contributed by atoms with van der Waals surface area (Å²) >= 11 is 1.28. The van der Waals surface area contributed by atoms with Gasteiger partial charge in [0.15, 0.2) is 5.58 Å². The lowest BCUT2D eigenvalue weighted by atomic mass is 9.74. The summed E-state index contributed by atoms with van der Waals surface area (Å²) in [6.45, 7) is 0.508. The van der Waals surface area contributed by atoms with Crippen molar-refractivity contribution in [1.82, 2.24) is 21.2 Å². The first kappa shape index (κ1) is 17.4. The van der Waals surface area contributed by atoms with E-state index in [4.69, 9.17) is 4.42 Å². The Balaban J connectivity index is 1.27. The Labute approximate surface area is 155 Å². The molecule has 4 rings (SSSR count). The number of aromatic nitrogens is 1. The normalized spacial score (nSPS) is 25.5. The van der Waals surface area contributed by atoms with E-state index in [2.05, 4.69) is 21.2 Å². The number of fused-ring (bicyclic) bond motifs is 2. The van der Waals surface area contributed by atoms with E-state index in [0.29, 0.717) is 17.7 Å². The van der Waals surface area contributed by atoms with E-state index >= 15 is 0 Å². The molecular formula is C18H22N4O3S. The number of nitrogens with one attached hydrogen (secondary N) is 3. The molecule has 2 fully saturated rings. The molecule has 3 N–H and O–H groups in total. The van der Waals surface area contributed by atoms with Crippen LogP contribution in [0, 0.1) is 11.8 Å². The summed E-state index contributed by atoms with van der Waals surface area (Å²) in [5, 5.41) is 3.46. The van der Waals surface area contributed by atoms with Crippen LogP contribution in [0.15, 0.2) is 33.9 Å². The lowest BCUT2D eigenvalue weighted by Gasteiger charge is -2.41. The summed E-state index contributed by atoms with van der Waals surface area (Å²) in [6.07, 6.45) is 4.22. The van der Waals surface area contributed by atoms with Gasteiger partial charge >= 0.3 is 0 Å². The molecule has 1 aliphatic heterocycles. The van der Waals surface area contributed by atoms with Gasteiger partial charge in [-0.3, -0.25) is 15.0 Å². The fraction of sp³-hybridized carbons (Fsp3) is 0.500. The Morgan fingerprint density at radius 1 is 1.31 bits per heavy atom. The maximum atomic E-state index is 12.2. The van der Waals surface area contributed by atoms with Gasteiger partial charge in [0.1, 0.15) is 5.52 Å². The largest absolute Gasteiger partial charge is 0.431 e. The van der Waals surface area contributed by atoms with Crippen LogP contribution in [0.2, 0.25) is 0 Å². The SMILES string of the molecule is O=C(CSc1nc2ccccc2o1)NCC1NNC(=O)C2CCCCC12. The lowest BCUT2D eigenvalue weighted by molar-refractivity contribution is -0.133. The summed E-state index contributed by atoms with van der Waals surface area (Å²) in [5.41, 5.74) is 7.34. The number of benzene rings is 1. The minimum Gasteiger partial charge on any atom is -0.431 e. The third-order valence-electron chi connectivity index (χ3n) is 5.17. The van der Waals surface area contributed by atoms with Gasteiger partial charge < -0.3 is 9.73 Å². The van der Waals surface area contributed by atoms with E-state index in [1.807, 2.05) is 24.3 Å². The molecule has 2 amide bonds. The van der Waals surface area contributed by atoms with Gasteiger partial charge in [-0.15, -0.1) is 0 Å². The van der Waals surface area contributed by atoms with Gasteiger partial charge in [-0.25, -0.2) is 10.4 Å². The molecule has 1 aromatic heterocycles. The first-order chi connectivity index (χ1) is 12.7. The molecule has 7 nitrogen and oxygen atoms in total. The smallest absolute Gasteiger partial charge is 0.257 e. The Morgan fingerprint density at radius 2 is 2.15 bits per heavy atom. The van der Waals surface area contributed by atoms with Crippen LogP contribution in [-0.2, 0) is 9.59 Å². The van der Waals surface area contributed by atoms with Crippen LogP contribution in [0.4, 0.5) is 0 Å². The van der Waals surface area contributed by atoms with Crippen molar-refractivity contribution < 1.29 is 14.0 Å². The predicted molar refractivity (Wildman–Crippen MR) is 98.3 cm³/mol. The molecule has 3 atom stereocenters. The fourth-order valence-corrected chi connectivity index (χ4v) is 4.52. The van der Waals surface area contributed by atoms with Crippen molar-refractivity contribution in [1.29, 1.82) is 0 Å². The maximum Gasteiger partial charge on any atom is 0.257 e. The standard InChI is InChI=1S/C18H22N4O3S/c23-16(10-26-18-20-13-7-3-4-8-15(13)25-18)19-9-14-11-5-1-2-6-12(11)17(24)22-21-14/h3-4,7-8,11-12,14,21H,1-2,5-6,9-10H2,(H,19,23)(H,22,24). The van der Waals surface area contributed by atoms with Crippen LogP contribution in [-0.4, -0.2) is 35.1 Å². The highest BCUT2D eigenvalue weighted by Gasteiger charge is 2.39. The van der Waals surface area contributed by atoms with E-state index in [0.717, 1.165) is 36.8 Å². The van der Waals surface area contributed by atoms with E-state index in [-0.39, 0.29) is 29.5 Å². The average molecular weight is 374 g/mol. The molecule has 2 heterocycles. The molecule has 1 saturated carbocycles. The number of hydrogen-bond donors (Lipinski definition) is 3. The summed E-state index contributed by atoms with van der Waals surface area (Å²) in [5.74, 6) is 0.635. The number of para-hydroxylation sites is 2. The first-order valence-electron chi connectivity index (χ1n) is 9.01. The van der Waals surface area contributed by atoms with Crippen LogP contribution in [0.5, 0.6) is 0 Å². The van der Waals surface area contributed by atoms with E-state index in [1.54, 1.807) is 0 Å². The third kappa shape index (κ3) is 3.71. The number of hydrazine groups is 1. The topological polar surface area (TPSA) is 96.3 Å². The Hall–Kier alpha value is -2.06. The van der Waals surface area contributed by atoms with Gasteiger partial charge in [-0.1, -0.05) is 36.7 Å². The second kappa shape index (κ2) is 7.67. The molecule has 0 bridgehead atoms. The summed E-state index contributed by atoms with van der Waals surface area (Å²) < 4.78 is 5.61. The molecule has 138 valence electrons. The number of carbonyl (C=O) groups is 2. The van der Waals surface area contributed by atoms with Crippen molar-refractivity contribution in [3.05, 3.63) is 24.3 Å². The Bertz CT molecular complexity index is 776. The highest BCUT2D eigenvalue weighted by Crippen LogP contribution is 2.34. The third-order valence-corrected chi connectivity index (χ3v) is 6.00. The van der Waals surface area contributed by atoms with Gasteiger partial charge in [0.05, 0.1) is 5.75 Å². The van der Waals surface area contributed by atoms with Crippen LogP contribution < -0.4 is 16.2 Å². The van der Waals surface area contributed by atoms with Crippen LogP contribution in [0.1, 0.15) is 25.7 Å². The monoisotopic (exact) mass is 374 g/mol. The van der Waals surface area contributed by atoms with Gasteiger partial charge in [-0.2, -0.15) is 0 Å². The molecule has 26 heavy (non-hydrogen) atoms. The zero-order chi connectivity index (χ0) is 17.9. The van der Waals surface area contributed by atoms with Crippen molar-refractivity contribution in [3.63, 3.8) is 0 Å². The number of rotatable bonds is 5. The highest BCUT2D eigenvalue weighted by atomic mass is 32.2. The Kier molecular flexibility index (Phi) is 5.12. The summed E-state index contributed by atoms with van der Waals surface area (Å²) in [6, 6.07) is 7.61. The molecule has 2 aromatic rings. The molecule has 3 unspecified atom stereocenters. The Morgan fingerprint density at radius 3 is 3.04 bits per heavy atom. The number of oxazole rings is 1. The number of nitrogens with zero attached hydrogens (tertiary/aromatic N) is 1. The first-order valence-corrected chi connectivity index (χ1v) is 10.00. The molecule has 2 aliphatic rings. The molecule has 1 saturated heterocycles. The molecule has 1 aliphatic carbocycles. The minimum absolute atomic E-state index is 0.0664. The van der Waals surface area contributed by atoms with Crippen LogP contribution in [0.3, 0.4) is 0 Å². The summed E-state index contributed by atoms with van der Waals surface area (Å²) in [4.78, 5) is 28.5. The lowest BCUT2D eigenvalue weighted by Crippen LogP contribution is -2.62. The molecule has 0 radical (unpaired) electrons. The van der Waals surface area contributed by atoms with Crippen LogP contribution in [0.25, 0.3) is 11.1 Å². The summed E-state index contributed by atoms with van der Waals surface area (Å²) in [7, 11) is 0. The zero-order valence-electron chi connectivity index (χ0n) is 14.4. The second-order valence-electron chi connectivity index (χ2n) is 6.84. The van der Waals surface area contributed by atoms with E-state index < -0.39 is 0 Å². The number of thioether (sulfide) groups is 1. The highest BCUT2D eigenvalue weighted by molar-refractivity contribution is 7.99. The number of hydrogen-bond acceptors (Lipinski definition) is 6. The van der Waals surface area contributed by atoms with Crippen molar-refractivity contribution in [3.8, 4) is 0 Å². The molecule has 1 aromatic carbocycles. The molecular weight excluding hydrogens is 352 g/mol. The van der Waals surface area contributed by atoms with Gasteiger partial charge in [0.2, 0.25) is 11.8 Å². The maximum absolute atomic E-state index is 12.2. The van der Waals surface area contributed by atoms with E-state index in [9.17, 15) is 9.59 Å². The van der Waals surface area contributed by atoms with Crippen molar-refractivity contribution >= 4 is 34.7 Å². The van der Waals surface area contributed by atoms with Crippen molar-refractivity contribution in [2.24, 2.45) is 11.8 Å². The minimum atomic E-state index is -0.0664. The fourth-order valence-electron chi connectivity index (χ4n) is 3.85. The van der Waals surface area contributed by atoms with Gasteiger partial charge in [0.25, 0.3) is 5.22 Å². The quantitative estimate of drug-likeness (QED) is 0.691. The van der Waals surface area contributed by atoms with Crippen molar-refractivity contribution in [2.45, 2.75) is 36.9 Å². The van der Waals surface area contributed by atoms with Gasteiger partial charge in [0, 0.05) is 18.5 Å². The number of amides is 2. The van der Waals surface area contributed by atoms with E-state index in [1.165, 1.54) is 11.8 Å². The van der Waals surface area contributed by atoms with Crippen LogP contribution >= 0.6 is 11.8 Å². The number of carbonyl (C=O) groups excluding carboxylic acids is 2. The predicted octanol–water partition coefficient (Wildman–Crippen LogP) is 1.85. The van der Waals surface area contributed by atoms with Crippen molar-refractivity contribution in [2.75, 3.05) is 12.3 Å². The molecule has 0 spiro atoms. The molecule has 8 heteroatoms. The zero-order valence-corrected chi connectivity index (χ0v) is 15.2. The van der Waals surface area contributed by atoms with Gasteiger partial charge in [-0.05, 0) is 30.9 Å².